The topological polar surface area (TPSA) is 38.3 Å². The second-order valence-electron chi connectivity index (χ2n) is 6.16. The molecule has 2 saturated carbocycles. The Balaban J connectivity index is 1.51. The van der Waals surface area contributed by atoms with Gasteiger partial charge in [0, 0.05) is 6.04 Å². The maximum absolute atomic E-state index is 12.6. The minimum atomic E-state index is -4.41. The molecule has 3 atom stereocenters. The third-order valence-electron chi connectivity index (χ3n) is 4.62. The van der Waals surface area contributed by atoms with Crippen LogP contribution in [0.1, 0.15) is 31.2 Å². The summed E-state index contributed by atoms with van der Waals surface area (Å²) in [6, 6.07) is 4.77. The lowest BCUT2D eigenvalue weighted by Gasteiger charge is -2.22. The normalized spacial score (nSPS) is 27.0. The van der Waals surface area contributed by atoms with E-state index in [4.69, 9.17) is 4.74 Å². The maximum Gasteiger partial charge on any atom is 0.416 e. The lowest BCUT2D eigenvalue weighted by Crippen LogP contribution is -2.40. The molecule has 3 rings (SSSR count). The van der Waals surface area contributed by atoms with Crippen molar-refractivity contribution in [1.29, 1.82) is 0 Å². The summed E-state index contributed by atoms with van der Waals surface area (Å²) >= 11 is 0. The number of hydrogen-bond donors (Lipinski definition) is 1. The van der Waals surface area contributed by atoms with E-state index in [1.807, 2.05) is 0 Å². The predicted octanol–water partition coefficient (Wildman–Crippen LogP) is 3.39. The van der Waals surface area contributed by atoms with Crippen molar-refractivity contribution in [2.75, 3.05) is 6.61 Å². The minimum absolute atomic E-state index is 0.0536. The molecule has 1 N–H and O–H groups in total. The van der Waals surface area contributed by atoms with E-state index in [1.54, 1.807) is 0 Å². The number of benzene rings is 1. The quantitative estimate of drug-likeness (QED) is 0.925. The van der Waals surface area contributed by atoms with Gasteiger partial charge in [-0.2, -0.15) is 13.2 Å². The van der Waals surface area contributed by atoms with Crippen LogP contribution in [0.4, 0.5) is 13.2 Å². The molecule has 22 heavy (non-hydrogen) atoms. The van der Waals surface area contributed by atoms with Crippen LogP contribution in [-0.4, -0.2) is 18.6 Å². The summed E-state index contributed by atoms with van der Waals surface area (Å²) in [6.07, 6.45) is 0.186. The Labute approximate surface area is 126 Å². The summed E-state index contributed by atoms with van der Waals surface area (Å²) in [5.41, 5.74) is -0.779. The van der Waals surface area contributed by atoms with Crippen molar-refractivity contribution in [3.8, 4) is 5.75 Å². The first kappa shape index (κ1) is 15.2. The second-order valence-corrected chi connectivity index (χ2v) is 6.16. The second kappa shape index (κ2) is 5.82. The fourth-order valence-electron chi connectivity index (χ4n) is 3.58. The lowest BCUT2D eigenvalue weighted by atomic mass is 9.95. The summed E-state index contributed by atoms with van der Waals surface area (Å²) in [5.74, 6) is 1.06. The van der Waals surface area contributed by atoms with Gasteiger partial charge in [-0.05, 0) is 49.3 Å². The zero-order valence-electron chi connectivity index (χ0n) is 12.0. The third-order valence-corrected chi connectivity index (χ3v) is 4.62. The minimum Gasteiger partial charge on any atom is -0.484 e. The van der Waals surface area contributed by atoms with Gasteiger partial charge in [0.1, 0.15) is 5.75 Å². The standard InChI is InChI=1S/C16H18F3NO2/c17-16(18,19)12-2-1-3-13(8-12)22-9-15(21)20-14-7-10-4-5-11(14)6-10/h1-3,8,10-11,14H,4-7,9H2,(H,20,21)/t10-,11-,14+/m1/s1. The largest absolute Gasteiger partial charge is 0.484 e. The summed E-state index contributed by atoms with van der Waals surface area (Å²) in [5, 5.41) is 2.94. The van der Waals surface area contributed by atoms with Crippen LogP contribution in [0.2, 0.25) is 0 Å². The van der Waals surface area contributed by atoms with Gasteiger partial charge in [0.25, 0.3) is 5.91 Å². The first-order valence-electron chi connectivity index (χ1n) is 7.51. The van der Waals surface area contributed by atoms with Crippen molar-refractivity contribution in [2.45, 2.75) is 37.9 Å². The van der Waals surface area contributed by atoms with Crippen molar-refractivity contribution in [1.82, 2.24) is 5.32 Å². The van der Waals surface area contributed by atoms with Crippen molar-refractivity contribution in [2.24, 2.45) is 11.8 Å². The van der Waals surface area contributed by atoms with Crippen LogP contribution in [-0.2, 0) is 11.0 Å². The Hall–Kier alpha value is -1.72. The van der Waals surface area contributed by atoms with E-state index in [-0.39, 0.29) is 24.3 Å². The number of amides is 1. The van der Waals surface area contributed by atoms with Gasteiger partial charge in [-0.15, -0.1) is 0 Å². The molecular formula is C16H18F3NO2. The fraction of sp³-hybridized carbons (Fsp3) is 0.562. The summed E-state index contributed by atoms with van der Waals surface area (Å²) < 4.78 is 42.9. The van der Waals surface area contributed by atoms with Crippen LogP contribution < -0.4 is 10.1 Å². The third kappa shape index (κ3) is 3.36. The molecule has 120 valence electrons. The Morgan fingerprint density at radius 1 is 1.27 bits per heavy atom. The highest BCUT2D eigenvalue weighted by atomic mass is 19.4. The number of halogens is 3. The molecule has 0 aliphatic heterocycles. The molecule has 6 heteroatoms. The lowest BCUT2D eigenvalue weighted by molar-refractivity contribution is -0.137. The molecule has 2 fully saturated rings. The van der Waals surface area contributed by atoms with E-state index in [0.717, 1.165) is 30.9 Å². The van der Waals surface area contributed by atoms with Crippen molar-refractivity contribution in [3.05, 3.63) is 29.8 Å². The molecular weight excluding hydrogens is 295 g/mol. The zero-order valence-corrected chi connectivity index (χ0v) is 12.0. The number of carbonyl (C=O) groups excluding carboxylic acids is 1. The Morgan fingerprint density at radius 2 is 2.09 bits per heavy atom. The van der Waals surface area contributed by atoms with Crippen LogP contribution >= 0.6 is 0 Å². The molecule has 0 saturated heterocycles. The van der Waals surface area contributed by atoms with Gasteiger partial charge in [-0.3, -0.25) is 4.79 Å². The van der Waals surface area contributed by atoms with Gasteiger partial charge >= 0.3 is 6.18 Å². The van der Waals surface area contributed by atoms with E-state index in [0.29, 0.717) is 5.92 Å². The molecule has 2 aliphatic carbocycles. The van der Waals surface area contributed by atoms with Crippen molar-refractivity contribution >= 4 is 5.91 Å². The van der Waals surface area contributed by atoms with Crippen LogP contribution in [0.25, 0.3) is 0 Å². The van der Waals surface area contributed by atoms with Gasteiger partial charge in [0.2, 0.25) is 0 Å². The van der Waals surface area contributed by atoms with Gasteiger partial charge < -0.3 is 10.1 Å². The van der Waals surface area contributed by atoms with Crippen LogP contribution in [0, 0.1) is 11.8 Å². The Bertz CT molecular complexity index is 559. The van der Waals surface area contributed by atoms with Gasteiger partial charge in [-0.1, -0.05) is 12.5 Å². The number of rotatable bonds is 4. The van der Waals surface area contributed by atoms with E-state index in [9.17, 15) is 18.0 Å². The van der Waals surface area contributed by atoms with Crippen LogP contribution in [0.3, 0.4) is 0 Å². The number of carbonyl (C=O) groups is 1. The Kier molecular flexibility index (Phi) is 4.02. The van der Waals surface area contributed by atoms with Crippen molar-refractivity contribution < 1.29 is 22.7 Å². The number of hydrogen-bond acceptors (Lipinski definition) is 2. The average Bonchev–Trinajstić information content (AvgIpc) is 3.07. The van der Waals surface area contributed by atoms with E-state index in [1.165, 1.54) is 25.0 Å². The number of ether oxygens (including phenoxy) is 1. The maximum atomic E-state index is 12.6. The number of nitrogens with one attached hydrogen (secondary N) is 1. The smallest absolute Gasteiger partial charge is 0.416 e. The fourth-order valence-corrected chi connectivity index (χ4v) is 3.58. The number of alkyl halides is 3. The molecule has 0 aromatic heterocycles. The molecule has 3 nitrogen and oxygen atoms in total. The van der Waals surface area contributed by atoms with Crippen LogP contribution in [0.15, 0.2) is 24.3 Å². The Morgan fingerprint density at radius 3 is 2.73 bits per heavy atom. The van der Waals surface area contributed by atoms with Crippen LogP contribution in [0.5, 0.6) is 5.75 Å². The SMILES string of the molecule is O=C(COc1cccc(C(F)(F)F)c1)N[C@H]1C[C@@H]2CC[C@@H]1C2. The molecule has 0 unspecified atom stereocenters. The average molecular weight is 313 g/mol. The van der Waals surface area contributed by atoms with E-state index >= 15 is 0 Å². The summed E-state index contributed by atoms with van der Waals surface area (Å²) in [4.78, 5) is 11.9. The van der Waals surface area contributed by atoms with E-state index in [2.05, 4.69) is 5.32 Å². The number of fused-ring (bicyclic) bond motifs is 2. The molecule has 1 amide bonds. The first-order valence-corrected chi connectivity index (χ1v) is 7.51. The molecule has 0 heterocycles. The summed E-state index contributed by atoms with van der Waals surface area (Å²) in [6.45, 7) is -0.255. The monoisotopic (exact) mass is 313 g/mol. The molecule has 0 spiro atoms. The highest BCUT2D eigenvalue weighted by Gasteiger charge is 2.40. The predicted molar refractivity (Wildman–Crippen MR) is 74.3 cm³/mol. The highest BCUT2D eigenvalue weighted by Crippen LogP contribution is 2.44. The van der Waals surface area contributed by atoms with Gasteiger partial charge in [0.05, 0.1) is 5.56 Å². The van der Waals surface area contributed by atoms with Gasteiger partial charge in [0.15, 0.2) is 6.61 Å². The van der Waals surface area contributed by atoms with E-state index < -0.39 is 11.7 Å². The molecule has 1 aromatic rings. The van der Waals surface area contributed by atoms with Gasteiger partial charge in [-0.25, -0.2) is 0 Å². The zero-order chi connectivity index (χ0) is 15.7. The first-order chi connectivity index (χ1) is 10.4. The molecule has 0 radical (unpaired) electrons. The molecule has 2 bridgehead atoms. The van der Waals surface area contributed by atoms with Crippen molar-refractivity contribution in [3.63, 3.8) is 0 Å². The molecule has 1 aromatic carbocycles. The highest BCUT2D eigenvalue weighted by molar-refractivity contribution is 5.78. The molecule has 2 aliphatic rings. The summed E-state index contributed by atoms with van der Waals surface area (Å²) in [7, 11) is 0.